The number of para-hydroxylation sites is 2. The minimum absolute atomic E-state index is 0.548. The van der Waals surface area contributed by atoms with E-state index >= 15 is 0 Å². The lowest BCUT2D eigenvalue weighted by atomic mass is 10.1. The van der Waals surface area contributed by atoms with E-state index < -0.39 is 0 Å². The van der Waals surface area contributed by atoms with Crippen LogP contribution in [0.25, 0.3) is 0 Å². The van der Waals surface area contributed by atoms with Crippen molar-refractivity contribution >= 4 is 34.6 Å². The van der Waals surface area contributed by atoms with E-state index in [9.17, 15) is 0 Å². The van der Waals surface area contributed by atoms with Crippen LogP contribution in [0.2, 0.25) is 10.0 Å². The van der Waals surface area contributed by atoms with Crippen molar-refractivity contribution in [2.45, 2.75) is 13.0 Å². The zero-order chi connectivity index (χ0) is 20.2. The van der Waals surface area contributed by atoms with Crippen LogP contribution in [-0.4, -0.2) is 31.6 Å². The van der Waals surface area contributed by atoms with Crippen LogP contribution in [0.1, 0.15) is 11.1 Å². The largest absolute Gasteiger partial charge is 0.487 e. The van der Waals surface area contributed by atoms with Crippen molar-refractivity contribution in [1.29, 1.82) is 0 Å². The maximum atomic E-state index is 6.33. The molecular weight excluding hydrogens is 403 g/mol. The summed E-state index contributed by atoms with van der Waals surface area (Å²) in [6.07, 6.45) is 0.996. The van der Waals surface area contributed by atoms with Crippen molar-refractivity contribution in [3.05, 3.63) is 87.9 Å². The third-order valence-electron chi connectivity index (χ3n) is 5.28. The van der Waals surface area contributed by atoms with Crippen molar-refractivity contribution < 1.29 is 4.74 Å². The quantitative estimate of drug-likeness (QED) is 0.466. The van der Waals surface area contributed by atoms with Gasteiger partial charge in [-0.2, -0.15) is 0 Å². The predicted octanol–water partition coefficient (Wildman–Crippen LogP) is 6.20. The Labute approximate surface area is 182 Å². The third kappa shape index (κ3) is 4.87. The lowest BCUT2D eigenvalue weighted by molar-refractivity contribution is 0.310. The molecular formula is C24H24Cl2N2O. The molecule has 0 spiro atoms. The molecule has 3 aromatic carbocycles. The fraction of sp³-hybridized carbons (Fsp3) is 0.250. The minimum atomic E-state index is 0.548. The molecule has 4 rings (SSSR count). The molecule has 0 amide bonds. The Balaban J connectivity index is 1.48. The Kier molecular flexibility index (Phi) is 6.29. The first kappa shape index (κ1) is 20.1. The van der Waals surface area contributed by atoms with E-state index in [0.717, 1.165) is 58.8 Å². The lowest BCUT2D eigenvalue weighted by Crippen LogP contribution is -2.32. The van der Waals surface area contributed by atoms with E-state index in [1.54, 1.807) is 0 Å². The molecule has 0 N–H and O–H groups in total. The summed E-state index contributed by atoms with van der Waals surface area (Å²) in [4.78, 5) is 4.68. The van der Waals surface area contributed by atoms with Gasteiger partial charge < -0.3 is 14.5 Å². The van der Waals surface area contributed by atoms with Gasteiger partial charge in [-0.25, -0.2) is 0 Å². The summed E-state index contributed by atoms with van der Waals surface area (Å²) >= 11 is 12.3. The minimum Gasteiger partial charge on any atom is -0.487 e. The van der Waals surface area contributed by atoms with E-state index in [4.69, 9.17) is 27.9 Å². The fourth-order valence-corrected chi connectivity index (χ4v) is 3.88. The van der Waals surface area contributed by atoms with Gasteiger partial charge in [-0.15, -0.1) is 0 Å². The normalized spacial score (nSPS) is 12.9. The standard InChI is InChI=1S/C24H24Cl2N2O/c1-27(13-12-18-6-9-20(25)10-7-18)14-15-28-22-4-2-3-5-24(22)29-17-19-8-11-21(26)16-23(19)28/h2-11,16H,12-15,17H2,1H3. The van der Waals surface area contributed by atoms with Crippen LogP contribution in [0.15, 0.2) is 66.7 Å². The Morgan fingerprint density at radius 1 is 0.897 bits per heavy atom. The summed E-state index contributed by atoms with van der Waals surface area (Å²) < 4.78 is 6.06. The van der Waals surface area contributed by atoms with Gasteiger partial charge in [0.1, 0.15) is 12.4 Å². The topological polar surface area (TPSA) is 15.7 Å². The van der Waals surface area contributed by atoms with Gasteiger partial charge in [0.25, 0.3) is 0 Å². The summed E-state index contributed by atoms with van der Waals surface area (Å²) in [6, 6.07) is 22.3. The third-order valence-corrected chi connectivity index (χ3v) is 5.77. The molecule has 150 valence electrons. The zero-order valence-corrected chi connectivity index (χ0v) is 18.0. The summed E-state index contributed by atoms with van der Waals surface area (Å²) in [7, 11) is 2.16. The first-order valence-corrected chi connectivity index (χ1v) is 10.6. The molecule has 3 aromatic rings. The summed E-state index contributed by atoms with van der Waals surface area (Å²) in [5.74, 6) is 0.906. The maximum absolute atomic E-state index is 6.33. The number of hydrogen-bond donors (Lipinski definition) is 0. The van der Waals surface area contributed by atoms with Crippen molar-refractivity contribution in [2.24, 2.45) is 0 Å². The Bertz CT molecular complexity index is 975. The highest BCUT2D eigenvalue weighted by Gasteiger charge is 2.22. The highest BCUT2D eigenvalue weighted by atomic mass is 35.5. The molecule has 0 aromatic heterocycles. The van der Waals surface area contributed by atoms with Crippen LogP contribution >= 0.6 is 23.2 Å². The summed E-state index contributed by atoms with van der Waals surface area (Å²) in [5.41, 5.74) is 4.65. The second-order valence-corrected chi connectivity index (χ2v) is 8.23. The van der Waals surface area contributed by atoms with Gasteiger partial charge in [-0.1, -0.05) is 53.5 Å². The monoisotopic (exact) mass is 426 g/mol. The number of halogens is 2. The number of rotatable bonds is 6. The highest BCUT2D eigenvalue weighted by Crippen LogP contribution is 2.40. The van der Waals surface area contributed by atoms with E-state index in [-0.39, 0.29) is 0 Å². The number of benzene rings is 3. The number of likely N-dealkylation sites (N-methyl/N-ethyl adjacent to an activating group) is 1. The Morgan fingerprint density at radius 3 is 2.48 bits per heavy atom. The molecule has 0 fully saturated rings. The van der Waals surface area contributed by atoms with E-state index in [1.807, 2.05) is 36.4 Å². The number of hydrogen-bond acceptors (Lipinski definition) is 3. The molecule has 0 saturated carbocycles. The predicted molar refractivity (Wildman–Crippen MR) is 122 cm³/mol. The van der Waals surface area contributed by atoms with Gasteiger partial charge in [0.15, 0.2) is 0 Å². The van der Waals surface area contributed by atoms with Crippen LogP contribution in [0.4, 0.5) is 11.4 Å². The number of fused-ring (bicyclic) bond motifs is 2. The van der Waals surface area contributed by atoms with Gasteiger partial charge in [-0.3, -0.25) is 0 Å². The lowest BCUT2D eigenvalue weighted by Gasteiger charge is -2.28. The molecule has 1 aliphatic rings. The average Bonchev–Trinajstić information content (AvgIpc) is 2.88. The zero-order valence-electron chi connectivity index (χ0n) is 16.4. The first-order chi connectivity index (χ1) is 14.1. The van der Waals surface area contributed by atoms with Crippen molar-refractivity contribution in [2.75, 3.05) is 31.6 Å². The highest BCUT2D eigenvalue weighted by molar-refractivity contribution is 6.31. The van der Waals surface area contributed by atoms with Gasteiger partial charge >= 0.3 is 0 Å². The van der Waals surface area contributed by atoms with Crippen molar-refractivity contribution in [3.8, 4) is 5.75 Å². The van der Waals surface area contributed by atoms with Crippen LogP contribution < -0.4 is 9.64 Å². The van der Waals surface area contributed by atoms with E-state index in [2.05, 4.69) is 47.2 Å². The molecule has 0 unspecified atom stereocenters. The Hall–Kier alpha value is -2.20. The number of anilines is 2. The molecule has 29 heavy (non-hydrogen) atoms. The van der Waals surface area contributed by atoms with Crippen LogP contribution in [0.5, 0.6) is 5.75 Å². The molecule has 0 saturated heterocycles. The molecule has 0 bridgehead atoms. The molecule has 5 heteroatoms. The maximum Gasteiger partial charge on any atom is 0.143 e. The second kappa shape index (κ2) is 9.08. The second-order valence-electron chi connectivity index (χ2n) is 7.36. The SMILES string of the molecule is CN(CCc1ccc(Cl)cc1)CCN1c2cc(Cl)ccc2COc2ccccc21. The molecule has 1 heterocycles. The van der Waals surface area contributed by atoms with Crippen molar-refractivity contribution in [1.82, 2.24) is 4.90 Å². The molecule has 1 aliphatic heterocycles. The molecule has 0 radical (unpaired) electrons. The van der Waals surface area contributed by atoms with Gasteiger partial charge in [0, 0.05) is 40.9 Å². The van der Waals surface area contributed by atoms with Gasteiger partial charge in [0.05, 0.1) is 5.69 Å². The average molecular weight is 427 g/mol. The molecule has 3 nitrogen and oxygen atoms in total. The van der Waals surface area contributed by atoms with Gasteiger partial charge in [-0.05, 0) is 55.4 Å². The fourth-order valence-electron chi connectivity index (χ4n) is 3.59. The van der Waals surface area contributed by atoms with Crippen LogP contribution in [-0.2, 0) is 13.0 Å². The number of nitrogens with zero attached hydrogens (tertiary/aromatic N) is 2. The van der Waals surface area contributed by atoms with Crippen LogP contribution in [0.3, 0.4) is 0 Å². The van der Waals surface area contributed by atoms with Crippen LogP contribution in [0, 0.1) is 0 Å². The van der Waals surface area contributed by atoms with E-state index in [1.165, 1.54) is 5.56 Å². The smallest absolute Gasteiger partial charge is 0.143 e. The summed E-state index contributed by atoms with van der Waals surface area (Å²) in [6.45, 7) is 3.31. The molecule has 0 atom stereocenters. The van der Waals surface area contributed by atoms with Gasteiger partial charge in [0.2, 0.25) is 0 Å². The van der Waals surface area contributed by atoms with E-state index in [0.29, 0.717) is 6.61 Å². The van der Waals surface area contributed by atoms with Crippen molar-refractivity contribution in [3.63, 3.8) is 0 Å². The Morgan fingerprint density at radius 2 is 1.66 bits per heavy atom. The molecule has 0 aliphatic carbocycles. The summed E-state index contributed by atoms with van der Waals surface area (Å²) in [5, 5.41) is 1.52. The first-order valence-electron chi connectivity index (χ1n) is 9.81. The number of ether oxygens (including phenoxy) is 1.